The summed E-state index contributed by atoms with van der Waals surface area (Å²) >= 11 is 0. The lowest BCUT2D eigenvalue weighted by Crippen LogP contribution is -2.38. The zero-order chi connectivity index (χ0) is 13.9. The molecule has 3 unspecified atom stereocenters. The predicted octanol–water partition coefficient (Wildman–Crippen LogP) is 4.24. The number of allylic oxidation sites excluding steroid dienone is 6. The van der Waals surface area contributed by atoms with Gasteiger partial charge in [-0.3, -0.25) is 4.79 Å². The summed E-state index contributed by atoms with van der Waals surface area (Å²) in [6.45, 7) is 2.19. The van der Waals surface area contributed by atoms with Gasteiger partial charge in [-0.05, 0) is 49.7 Å². The van der Waals surface area contributed by atoms with Crippen molar-refractivity contribution in [1.82, 2.24) is 0 Å². The molecule has 2 saturated carbocycles. The summed E-state index contributed by atoms with van der Waals surface area (Å²) in [6, 6.07) is 0. The quantitative estimate of drug-likeness (QED) is 0.668. The van der Waals surface area contributed by atoms with Crippen LogP contribution in [0.3, 0.4) is 0 Å². The second-order valence-corrected chi connectivity index (χ2v) is 7.12. The number of aliphatic hydroxyl groups is 1. The van der Waals surface area contributed by atoms with E-state index in [1.807, 2.05) is 6.08 Å². The van der Waals surface area contributed by atoms with E-state index in [4.69, 9.17) is 0 Å². The van der Waals surface area contributed by atoms with E-state index in [0.717, 1.165) is 44.9 Å². The van der Waals surface area contributed by atoms with Crippen molar-refractivity contribution in [2.45, 2.75) is 51.9 Å². The van der Waals surface area contributed by atoms with Gasteiger partial charge in [0.05, 0.1) is 5.76 Å². The van der Waals surface area contributed by atoms with Crippen molar-refractivity contribution in [1.29, 1.82) is 0 Å². The third-order valence-corrected chi connectivity index (χ3v) is 6.21. The first-order valence-electron chi connectivity index (χ1n) is 7.94. The number of aliphatic hydroxyl groups excluding tert-OH is 1. The number of hydrogen-bond donors (Lipinski definition) is 1. The molecular formula is C18H22O2. The van der Waals surface area contributed by atoms with Crippen LogP contribution in [0.1, 0.15) is 51.9 Å². The molecule has 4 aliphatic carbocycles. The molecule has 106 valence electrons. The van der Waals surface area contributed by atoms with E-state index >= 15 is 0 Å². The molecule has 0 amide bonds. The highest BCUT2D eigenvalue weighted by molar-refractivity contribution is 5.88. The summed E-state index contributed by atoms with van der Waals surface area (Å²) in [5, 5.41) is 9.73. The maximum atomic E-state index is 12.2. The highest BCUT2D eigenvalue weighted by atomic mass is 16.3. The van der Waals surface area contributed by atoms with Gasteiger partial charge in [-0.25, -0.2) is 0 Å². The Balaban J connectivity index is 1.72. The molecule has 4 aliphatic rings. The lowest BCUT2D eigenvalue weighted by molar-refractivity contribution is -0.127. The van der Waals surface area contributed by atoms with Crippen LogP contribution in [-0.2, 0) is 4.79 Å². The van der Waals surface area contributed by atoms with Gasteiger partial charge in [-0.15, -0.1) is 0 Å². The second kappa shape index (κ2) is 4.09. The molecule has 1 N–H and O–H groups in total. The van der Waals surface area contributed by atoms with Crippen LogP contribution in [-0.4, -0.2) is 10.9 Å². The first-order valence-corrected chi connectivity index (χ1v) is 7.94. The minimum atomic E-state index is -0.0763. The molecule has 4 rings (SSSR count). The summed E-state index contributed by atoms with van der Waals surface area (Å²) in [6.07, 6.45) is 11.1. The largest absolute Gasteiger partial charge is 0.512 e. The van der Waals surface area contributed by atoms with Gasteiger partial charge in [-0.2, -0.15) is 0 Å². The Morgan fingerprint density at radius 1 is 1.25 bits per heavy atom. The fourth-order valence-electron chi connectivity index (χ4n) is 5.04. The average Bonchev–Trinajstić information content (AvgIpc) is 2.74. The Morgan fingerprint density at radius 3 is 2.95 bits per heavy atom. The molecule has 0 bridgehead atoms. The maximum Gasteiger partial charge on any atom is 0.139 e. The number of carbonyl (C=O) groups is 1. The molecule has 0 aliphatic heterocycles. The third-order valence-electron chi connectivity index (χ3n) is 6.21. The van der Waals surface area contributed by atoms with E-state index in [2.05, 4.69) is 13.0 Å². The number of fused-ring (bicyclic) bond motifs is 4. The molecule has 20 heavy (non-hydrogen) atoms. The van der Waals surface area contributed by atoms with Crippen LogP contribution < -0.4 is 0 Å². The van der Waals surface area contributed by atoms with Crippen LogP contribution in [0.5, 0.6) is 0 Å². The normalized spacial score (nSPS) is 39.8. The van der Waals surface area contributed by atoms with Gasteiger partial charge >= 0.3 is 0 Å². The molecule has 2 nitrogen and oxygen atoms in total. The van der Waals surface area contributed by atoms with Crippen molar-refractivity contribution in [3.8, 4) is 0 Å². The highest BCUT2D eigenvalue weighted by Gasteiger charge is 2.52. The Kier molecular flexibility index (Phi) is 2.55. The molecular weight excluding hydrogens is 248 g/mol. The summed E-state index contributed by atoms with van der Waals surface area (Å²) in [5.74, 6) is 2.08. The van der Waals surface area contributed by atoms with Crippen molar-refractivity contribution in [3.05, 3.63) is 34.6 Å². The van der Waals surface area contributed by atoms with Crippen LogP contribution in [0.25, 0.3) is 0 Å². The van der Waals surface area contributed by atoms with Crippen LogP contribution in [0.2, 0.25) is 0 Å². The summed E-state index contributed by atoms with van der Waals surface area (Å²) in [5.41, 5.74) is 4.38. The average molecular weight is 270 g/mol. The van der Waals surface area contributed by atoms with Gasteiger partial charge in [0.25, 0.3) is 0 Å². The predicted molar refractivity (Wildman–Crippen MR) is 78.2 cm³/mol. The highest BCUT2D eigenvalue weighted by Crippen LogP contribution is 2.57. The molecule has 0 saturated heterocycles. The molecule has 2 heteroatoms. The van der Waals surface area contributed by atoms with Crippen molar-refractivity contribution in [2.24, 2.45) is 17.3 Å². The van der Waals surface area contributed by atoms with E-state index in [0.29, 0.717) is 23.4 Å². The fraction of sp³-hybridized carbons (Fsp3) is 0.611. The molecule has 2 fully saturated rings. The van der Waals surface area contributed by atoms with E-state index in [-0.39, 0.29) is 5.41 Å². The Hall–Kier alpha value is -1.31. The molecule has 0 spiro atoms. The smallest absolute Gasteiger partial charge is 0.139 e. The summed E-state index contributed by atoms with van der Waals surface area (Å²) in [7, 11) is 0. The SMILES string of the molecule is CC12CCC3C(=CCC4=C3CCC(O)=C4)C1CCC2=O. The lowest BCUT2D eigenvalue weighted by atomic mass is 9.59. The first-order chi connectivity index (χ1) is 9.59. The van der Waals surface area contributed by atoms with E-state index < -0.39 is 0 Å². The zero-order valence-corrected chi connectivity index (χ0v) is 12.1. The zero-order valence-electron chi connectivity index (χ0n) is 12.1. The number of rotatable bonds is 0. The van der Waals surface area contributed by atoms with Gasteiger partial charge < -0.3 is 5.11 Å². The summed E-state index contributed by atoms with van der Waals surface area (Å²) < 4.78 is 0. The third kappa shape index (κ3) is 1.54. The molecule has 0 aromatic carbocycles. The van der Waals surface area contributed by atoms with Gasteiger partial charge in [0, 0.05) is 24.2 Å². The number of Topliss-reactive ketones (excluding diaryl/α,β-unsaturated/α-hetero) is 1. The van der Waals surface area contributed by atoms with Gasteiger partial charge in [0.2, 0.25) is 0 Å². The van der Waals surface area contributed by atoms with Crippen LogP contribution in [0.15, 0.2) is 34.6 Å². The summed E-state index contributed by atoms with van der Waals surface area (Å²) in [4.78, 5) is 12.2. The van der Waals surface area contributed by atoms with E-state index in [1.54, 1.807) is 11.1 Å². The van der Waals surface area contributed by atoms with Gasteiger partial charge in [-0.1, -0.05) is 24.1 Å². The lowest BCUT2D eigenvalue weighted by Gasteiger charge is -2.45. The van der Waals surface area contributed by atoms with Gasteiger partial charge in [0.15, 0.2) is 0 Å². The molecule has 0 aromatic heterocycles. The van der Waals surface area contributed by atoms with Crippen molar-refractivity contribution in [2.75, 3.05) is 0 Å². The number of carbonyl (C=O) groups excluding carboxylic acids is 1. The van der Waals surface area contributed by atoms with Gasteiger partial charge in [0.1, 0.15) is 5.78 Å². The molecule has 0 radical (unpaired) electrons. The first kappa shape index (κ1) is 12.4. The Morgan fingerprint density at radius 2 is 2.10 bits per heavy atom. The molecule has 0 aromatic rings. The molecule has 3 atom stereocenters. The van der Waals surface area contributed by atoms with Crippen molar-refractivity contribution >= 4 is 5.78 Å². The van der Waals surface area contributed by atoms with Crippen LogP contribution >= 0.6 is 0 Å². The topological polar surface area (TPSA) is 37.3 Å². The standard InChI is InChI=1S/C18H22O2/c1-18-9-8-14-13-5-3-12(19)10-11(13)2-4-15(14)16(18)6-7-17(18)20/h4,10,14,16,19H,2-3,5-9H2,1H3. The van der Waals surface area contributed by atoms with Crippen molar-refractivity contribution < 1.29 is 9.90 Å². The maximum absolute atomic E-state index is 12.2. The van der Waals surface area contributed by atoms with E-state index in [9.17, 15) is 9.90 Å². The Bertz CT molecular complexity index is 578. The minimum absolute atomic E-state index is 0.0763. The number of hydrogen-bond acceptors (Lipinski definition) is 2. The van der Waals surface area contributed by atoms with Crippen LogP contribution in [0.4, 0.5) is 0 Å². The Labute approximate surface area is 120 Å². The van der Waals surface area contributed by atoms with Crippen LogP contribution in [0, 0.1) is 17.3 Å². The second-order valence-electron chi connectivity index (χ2n) is 7.12. The molecule has 0 heterocycles. The monoisotopic (exact) mass is 270 g/mol. The number of ketones is 1. The fourth-order valence-corrected chi connectivity index (χ4v) is 5.04. The minimum Gasteiger partial charge on any atom is -0.512 e. The van der Waals surface area contributed by atoms with E-state index in [1.165, 1.54) is 5.57 Å². The van der Waals surface area contributed by atoms with Crippen molar-refractivity contribution in [3.63, 3.8) is 0 Å².